The lowest BCUT2D eigenvalue weighted by Crippen LogP contribution is -2.46. The van der Waals surface area contributed by atoms with Gasteiger partial charge in [-0.2, -0.15) is 0 Å². The second kappa shape index (κ2) is 13.9. The average molecular weight is 308 g/mol. The highest BCUT2D eigenvalue weighted by Crippen LogP contribution is 2.17. The molecule has 7 heteroatoms. The Hall–Kier alpha value is -0.0231. The van der Waals surface area contributed by atoms with Gasteiger partial charge in [0.25, 0.3) is 0 Å². The summed E-state index contributed by atoms with van der Waals surface area (Å²) in [7, 11) is -2.45. The van der Waals surface area contributed by atoms with Crippen molar-refractivity contribution in [2.45, 2.75) is 33.2 Å². The maximum atomic E-state index is 5.81. The highest BCUT2D eigenvalue weighted by atomic mass is 28.4. The fraction of sp³-hybridized carbons (Fsp3) is 1.00. The van der Waals surface area contributed by atoms with Crippen LogP contribution < -0.4 is 16.4 Å². The van der Waals surface area contributed by atoms with Crippen molar-refractivity contribution in [3.8, 4) is 0 Å². The molecule has 0 saturated heterocycles. The van der Waals surface area contributed by atoms with Crippen LogP contribution >= 0.6 is 0 Å². The first kappa shape index (κ1) is 20.0. The Morgan fingerprint density at radius 1 is 0.800 bits per heavy atom. The minimum absolute atomic E-state index is 0.642. The predicted octanol–water partition coefficient (Wildman–Crippen LogP) is 0.563. The molecular formula is C13H33N3O3Si. The quantitative estimate of drug-likeness (QED) is 0.303. The molecule has 0 unspecified atom stereocenters. The normalized spacial score (nSPS) is 12.0. The zero-order chi connectivity index (χ0) is 15.1. The van der Waals surface area contributed by atoms with Crippen LogP contribution in [0.25, 0.3) is 0 Å². The summed E-state index contributed by atoms with van der Waals surface area (Å²) in [6.07, 6.45) is 1.00. The molecule has 0 aromatic rings. The zero-order valence-corrected chi connectivity index (χ0v) is 14.4. The molecule has 0 amide bonds. The lowest BCUT2D eigenvalue weighted by Gasteiger charge is -2.28. The first-order valence-corrected chi connectivity index (χ1v) is 9.71. The Morgan fingerprint density at radius 2 is 1.30 bits per heavy atom. The van der Waals surface area contributed by atoms with E-state index in [1.54, 1.807) is 0 Å². The summed E-state index contributed by atoms with van der Waals surface area (Å²) in [5, 5.41) is 6.65. The van der Waals surface area contributed by atoms with Crippen LogP contribution in [-0.4, -0.2) is 61.3 Å². The van der Waals surface area contributed by atoms with Crippen LogP contribution in [0.2, 0.25) is 6.04 Å². The third-order valence-electron chi connectivity index (χ3n) is 2.73. The van der Waals surface area contributed by atoms with Crippen molar-refractivity contribution >= 4 is 8.80 Å². The molecule has 0 saturated carbocycles. The standard InChI is InChI=1S/C13H33N3O3Si/c1-4-17-20(18-5-2,19-6-3)13-7-9-15-11-12-16-10-8-14/h15-16H,4-14H2,1-3H3. The number of rotatable bonds is 15. The molecule has 122 valence electrons. The molecule has 0 atom stereocenters. The van der Waals surface area contributed by atoms with E-state index in [2.05, 4.69) is 10.6 Å². The van der Waals surface area contributed by atoms with Crippen molar-refractivity contribution < 1.29 is 13.3 Å². The van der Waals surface area contributed by atoms with E-state index < -0.39 is 8.80 Å². The summed E-state index contributed by atoms with van der Waals surface area (Å²) in [4.78, 5) is 0. The summed E-state index contributed by atoms with van der Waals surface area (Å²) in [6.45, 7) is 12.3. The molecule has 0 aliphatic heterocycles. The molecular weight excluding hydrogens is 274 g/mol. The summed E-state index contributed by atoms with van der Waals surface area (Å²) in [6, 6.07) is 0.867. The lowest BCUT2D eigenvalue weighted by atomic mass is 10.4. The summed E-state index contributed by atoms with van der Waals surface area (Å²) < 4.78 is 17.4. The van der Waals surface area contributed by atoms with Crippen molar-refractivity contribution in [2.75, 3.05) is 52.5 Å². The van der Waals surface area contributed by atoms with Gasteiger partial charge in [0.15, 0.2) is 0 Å². The third-order valence-corrected chi connectivity index (χ3v) is 5.88. The monoisotopic (exact) mass is 307 g/mol. The molecule has 0 aliphatic carbocycles. The minimum Gasteiger partial charge on any atom is -0.374 e. The molecule has 0 fully saturated rings. The largest absolute Gasteiger partial charge is 0.500 e. The second-order valence-electron chi connectivity index (χ2n) is 4.37. The molecule has 0 rings (SSSR count). The van der Waals surface area contributed by atoms with Crippen LogP contribution in [0, 0.1) is 0 Å². The zero-order valence-electron chi connectivity index (χ0n) is 13.4. The van der Waals surface area contributed by atoms with E-state index >= 15 is 0 Å². The topological polar surface area (TPSA) is 77.8 Å². The molecule has 0 radical (unpaired) electrons. The van der Waals surface area contributed by atoms with Gasteiger partial charge in [0, 0.05) is 52.0 Å². The van der Waals surface area contributed by atoms with E-state index in [1.807, 2.05) is 20.8 Å². The van der Waals surface area contributed by atoms with Gasteiger partial charge in [0.1, 0.15) is 0 Å². The molecule has 4 N–H and O–H groups in total. The third kappa shape index (κ3) is 9.81. The predicted molar refractivity (Wildman–Crippen MR) is 84.8 cm³/mol. The van der Waals surface area contributed by atoms with Crippen LogP contribution in [0.3, 0.4) is 0 Å². The van der Waals surface area contributed by atoms with Gasteiger partial charge in [-0.15, -0.1) is 0 Å². The highest BCUT2D eigenvalue weighted by Gasteiger charge is 2.39. The Labute approximate surface area is 125 Å². The summed E-state index contributed by atoms with van der Waals surface area (Å²) >= 11 is 0. The molecule has 0 aromatic heterocycles. The SMILES string of the molecule is CCO[Si](CCCNCCNCCN)(OCC)OCC. The second-order valence-corrected chi connectivity index (χ2v) is 7.11. The van der Waals surface area contributed by atoms with Crippen molar-refractivity contribution in [1.29, 1.82) is 0 Å². The van der Waals surface area contributed by atoms with Crippen molar-refractivity contribution in [3.05, 3.63) is 0 Å². The van der Waals surface area contributed by atoms with Crippen molar-refractivity contribution in [3.63, 3.8) is 0 Å². The van der Waals surface area contributed by atoms with Gasteiger partial charge in [-0.25, -0.2) is 0 Å². The Balaban J connectivity index is 3.82. The smallest absolute Gasteiger partial charge is 0.374 e. The van der Waals surface area contributed by atoms with E-state index in [0.29, 0.717) is 26.4 Å². The average Bonchev–Trinajstić information content (AvgIpc) is 2.43. The van der Waals surface area contributed by atoms with Gasteiger partial charge in [0.05, 0.1) is 0 Å². The lowest BCUT2D eigenvalue weighted by molar-refractivity contribution is 0.0708. The van der Waals surface area contributed by atoms with E-state index in [9.17, 15) is 0 Å². The van der Waals surface area contributed by atoms with E-state index in [-0.39, 0.29) is 0 Å². The molecule has 20 heavy (non-hydrogen) atoms. The fourth-order valence-corrected chi connectivity index (χ4v) is 4.57. The first-order chi connectivity index (χ1) is 9.74. The molecule has 6 nitrogen and oxygen atoms in total. The number of nitrogens with one attached hydrogen (secondary N) is 2. The van der Waals surface area contributed by atoms with E-state index in [4.69, 9.17) is 19.0 Å². The molecule has 0 heterocycles. The molecule has 0 aromatic carbocycles. The number of nitrogens with two attached hydrogens (primary N) is 1. The summed E-state index contributed by atoms with van der Waals surface area (Å²) in [5.74, 6) is 0. The Kier molecular flexibility index (Phi) is 13.9. The maximum absolute atomic E-state index is 5.81. The molecule has 0 spiro atoms. The van der Waals surface area contributed by atoms with Crippen molar-refractivity contribution in [2.24, 2.45) is 5.73 Å². The Bertz CT molecular complexity index is 194. The van der Waals surface area contributed by atoms with Crippen molar-refractivity contribution in [1.82, 2.24) is 10.6 Å². The Morgan fingerprint density at radius 3 is 1.75 bits per heavy atom. The fourth-order valence-electron chi connectivity index (χ4n) is 1.96. The van der Waals surface area contributed by atoms with Crippen LogP contribution in [-0.2, 0) is 13.3 Å². The van der Waals surface area contributed by atoms with Gasteiger partial charge >= 0.3 is 8.80 Å². The summed E-state index contributed by atoms with van der Waals surface area (Å²) in [5.41, 5.74) is 5.40. The first-order valence-electron chi connectivity index (χ1n) is 7.78. The van der Waals surface area contributed by atoms with Gasteiger partial charge < -0.3 is 29.6 Å². The van der Waals surface area contributed by atoms with E-state index in [0.717, 1.165) is 38.6 Å². The van der Waals surface area contributed by atoms with Crippen LogP contribution in [0.5, 0.6) is 0 Å². The number of hydrogen-bond acceptors (Lipinski definition) is 6. The van der Waals surface area contributed by atoms with Crippen LogP contribution in [0.15, 0.2) is 0 Å². The van der Waals surface area contributed by atoms with Crippen LogP contribution in [0.4, 0.5) is 0 Å². The van der Waals surface area contributed by atoms with Crippen LogP contribution in [0.1, 0.15) is 27.2 Å². The highest BCUT2D eigenvalue weighted by molar-refractivity contribution is 6.60. The maximum Gasteiger partial charge on any atom is 0.500 e. The van der Waals surface area contributed by atoms with E-state index in [1.165, 1.54) is 0 Å². The van der Waals surface area contributed by atoms with Gasteiger partial charge in [-0.3, -0.25) is 0 Å². The molecule has 0 aliphatic rings. The van der Waals surface area contributed by atoms with Gasteiger partial charge in [-0.05, 0) is 33.7 Å². The van der Waals surface area contributed by atoms with Gasteiger partial charge in [0.2, 0.25) is 0 Å². The molecule has 0 bridgehead atoms. The minimum atomic E-state index is -2.45. The number of hydrogen-bond donors (Lipinski definition) is 3. The van der Waals surface area contributed by atoms with Gasteiger partial charge in [-0.1, -0.05) is 0 Å².